The SMILES string of the molecule is COC(=O)c1ccc(C(OCc2ccccc2)c2cncn2C)cc1-c1ccccc1Cl. The minimum atomic E-state index is -0.422. The average Bonchev–Trinajstić information content (AvgIpc) is 3.25. The fourth-order valence-electron chi connectivity index (χ4n) is 3.64. The molecule has 0 amide bonds. The normalized spacial score (nSPS) is 11.8. The van der Waals surface area contributed by atoms with Crippen molar-refractivity contribution in [2.24, 2.45) is 7.05 Å². The first-order valence-corrected chi connectivity index (χ1v) is 10.5. The summed E-state index contributed by atoms with van der Waals surface area (Å²) >= 11 is 6.48. The minimum absolute atomic E-state index is 0.393. The highest BCUT2D eigenvalue weighted by atomic mass is 35.5. The molecule has 0 aliphatic rings. The van der Waals surface area contributed by atoms with Crippen LogP contribution in [-0.4, -0.2) is 22.6 Å². The lowest BCUT2D eigenvalue weighted by Crippen LogP contribution is -2.12. The van der Waals surface area contributed by atoms with E-state index in [-0.39, 0.29) is 0 Å². The molecule has 6 heteroatoms. The first-order valence-electron chi connectivity index (χ1n) is 10.2. The lowest BCUT2D eigenvalue weighted by molar-refractivity contribution is 0.0596. The Labute approximate surface area is 192 Å². The first kappa shape index (κ1) is 21.8. The number of carbonyl (C=O) groups excluding carboxylic acids is 1. The van der Waals surface area contributed by atoms with Gasteiger partial charge in [-0.15, -0.1) is 0 Å². The van der Waals surface area contributed by atoms with E-state index in [0.717, 1.165) is 22.4 Å². The second-order valence-corrected chi connectivity index (χ2v) is 7.79. The van der Waals surface area contributed by atoms with Crippen molar-refractivity contribution in [2.75, 3.05) is 7.11 Å². The summed E-state index contributed by atoms with van der Waals surface area (Å²) < 4.78 is 13.3. The van der Waals surface area contributed by atoms with E-state index < -0.39 is 12.1 Å². The standard InChI is InChI=1S/C26H23ClN2O3/c1-29-17-28-15-24(29)25(32-16-18-8-4-3-5-9-18)19-12-13-21(26(30)31-2)22(14-19)20-10-6-7-11-23(20)27/h3-15,17,25H,16H2,1-2H3. The first-order chi connectivity index (χ1) is 15.6. The Hall–Kier alpha value is -3.41. The van der Waals surface area contributed by atoms with Crippen molar-refractivity contribution >= 4 is 17.6 Å². The highest BCUT2D eigenvalue weighted by Crippen LogP contribution is 2.35. The number of esters is 1. The van der Waals surface area contributed by atoms with Crippen molar-refractivity contribution in [3.8, 4) is 11.1 Å². The highest BCUT2D eigenvalue weighted by molar-refractivity contribution is 6.33. The third kappa shape index (κ3) is 4.59. The molecule has 0 radical (unpaired) electrons. The van der Waals surface area contributed by atoms with E-state index in [0.29, 0.717) is 22.8 Å². The lowest BCUT2D eigenvalue weighted by Gasteiger charge is -2.21. The molecule has 0 aliphatic carbocycles. The average molecular weight is 447 g/mol. The molecule has 0 aliphatic heterocycles. The van der Waals surface area contributed by atoms with Gasteiger partial charge < -0.3 is 14.0 Å². The van der Waals surface area contributed by atoms with Crippen molar-refractivity contribution < 1.29 is 14.3 Å². The predicted molar refractivity (Wildman–Crippen MR) is 125 cm³/mol. The highest BCUT2D eigenvalue weighted by Gasteiger charge is 2.22. The van der Waals surface area contributed by atoms with Crippen LogP contribution in [-0.2, 0) is 23.1 Å². The number of halogens is 1. The molecule has 0 spiro atoms. The molecule has 32 heavy (non-hydrogen) atoms. The van der Waals surface area contributed by atoms with Crippen molar-refractivity contribution in [1.29, 1.82) is 0 Å². The van der Waals surface area contributed by atoms with Gasteiger partial charge >= 0.3 is 5.97 Å². The monoisotopic (exact) mass is 446 g/mol. The van der Waals surface area contributed by atoms with E-state index >= 15 is 0 Å². The molecule has 1 heterocycles. The van der Waals surface area contributed by atoms with Gasteiger partial charge in [-0.1, -0.05) is 66.2 Å². The van der Waals surface area contributed by atoms with Crippen LogP contribution >= 0.6 is 11.6 Å². The molecule has 1 aromatic heterocycles. The second-order valence-electron chi connectivity index (χ2n) is 7.38. The molecule has 5 nitrogen and oxygen atoms in total. The quantitative estimate of drug-likeness (QED) is 0.335. The maximum Gasteiger partial charge on any atom is 0.338 e. The largest absolute Gasteiger partial charge is 0.465 e. The zero-order valence-electron chi connectivity index (χ0n) is 17.9. The number of rotatable bonds is 7. The predicted octanol–water partition coefficient (Wildman–Crippen LogP) is 5.83. The van der Waals surface area contributed by atoms with Crippen LogP contribution in [0.3, 0.4) is 0 Å². The lowest BCUT2D eigenvalue weighted by atomic mass is 9.94. The Morgan fingerprint density at radius 3 is 2.47 bits per heavy atom. The van der Waals surface area contributed by atoms with E-state index in [1.807, 2.05) is 72.3 Å². The van der Waals surface area contributed by atoms with E-state index in [1.54, 1.807) is 24.7 Å². The fraction of sp³-hybridized carbons (Fsp3) is 0.154. The number of methoxy groups -OCH3 is 1. The molecule has 0 bridgehead atoms. The summed E-state index contributed by atoms with van der Waals surface area (Å²) in [5, 5.41) is 0.553. The molecule has 4 rings (SSSR count). The van der Waals surface area contributed by atoms with Gasteiger partial charge in [-0.2, -0.15) is 0 Å². The smallest absolute Gasteiger partial charge is 0.338 e. The molecule has 0 saturated heterocycles. The Morgan fingerprint density at radius 2 is 1.78 bits per heavy atom. The zero-order valence-corrected chi connectivity index (χ0v) is 18.6. The van der Waals surface area contributed by atoms with E-state index in [2.05, 4.69) is 4.98 Å². The molecule has 162 valence electrons. The van der Waals surface area contributed by atoms with E-state index in [1.165, 1.54) is 7.11 Å². The number of nitrogens with zero attached hydrogens (tertiary/aromatic N) is 2. The molecular weight excluding hydrogens is 424 g/mol. The van der Waals surface area contributed by atoms with Crippen molar-refractivity contribution in [3.05, 3.63) is 113 Å². The molecule has 0 saturated carbocycles. The number of benzene rings is 3. The molecule has 3 aromatic carbocycles. The summed E-state index contributed by atoms with van der Waals surface area (Å²) in [6, 6.07) is 23.0. The third-order valence-electron chi connectivity index (χ3n) is 5.30. The van der Waals surface area contributed by atoms with Crippen LogP contribution < -0.4 is 0 Å². The van der Waals surface area contributed by atoms with Crippen LogP contribution in [0.1, 0.15) is 33.3 Å². The van der Waals surface area contributed by atoms with Gasteiger partial charge in [-0.05, 0) is 34.9 Å². The number of aromatic nitrogens is 2. The summed E-state index contributed by atoms with van der Waals surface area (Å²) in [5.74, 6) is -0.422. The van der Waals surface area contributed by atoms with Crippen molar-refractivity contribution in [3.63, 3.8) is 0 Å². The van der Waals surface area contributed by atoms with Gasteiger partial charge in [-0.3, -0.25) is 0 Å². The van der Waals surface area contributed by atoms with Gasteiger partial charge in [0, 0.05) is 17.6 Å². The number of ether oxygens (including phenoxy) is 2. The minimum Gasteiger partial charge on any atom is -0.465 e. The summed E-state index contributed by atoms with van der Waals surface area (Å²) in [4.78, 5) is 16.7. The Bertz CT molecular complexity index is 1220. The van der Waals surface area contributed by atoms with Crippen LogP contribution in [0.4, 0.5) is 0 Å². The molecule has 4 aromatic rings. The zero-order chi connectivity index (χ0) is 22.5. The molecule has 0 fully saturated rings. The van der Waals surface area contributed by atoms with Gasteiger partial charge in [0.05, 0.1) is 37.5 Å². The second kappa shape index (κ2) is 9.81. The van der Waals surface area contributed by atoms with Crippen LogP contribution in [0, 0.1) is 0 Å². The van der Waals surface area contributed by atoms with Gasteiger partial charge in [0.15, 0.2) is 0 Å². The Kier molecular flexibility index (Phi) is 6.69. The maximum absolute atomic E-state index is 12.5. The van der Waals surface area contributed by atoms with Gasteiger partial charge in [0.1, 0.15) is 6.10 Å². The van der Waals surface area contributed by atoms with Crippen molar-refractivity contribution in [1.82, 2.24) is 9.55 Å². The third-order valence-corrected chi connectivity index (χ3v) is 5.63. The van der Waals surface area contributed by atoms with Crippen LogP contribution in [0.25, 0.3) is 11.1 Å². The summed E-state index contributed by atoms with van der Waals surface area (Å²) in [6.45, 7) is 0.427. The number of hydrogen-bond donors (Lipinski definition) is 0. The number of carbonyl (C=O) groups is 1. The number of imidazole rings is 1. The summed E-state index contributed by atoms with van der Waals surface area (Å²) in [6.07, 6.45) is 3.14. The van der Waals surface area contributed by atoms with Crippen LogP contribution in [0.15, 0.2) is 85.3 Å². The molecule has 1 unspecified atom stereocenters. The molecule has 0 N–H and O–H groups in total. The van der Waals surface area contributed by atoms with Crippen LogP contribution in [0.2, 0.25) is 5.02 Å². The topological polar surface area (TPSA) is 53.4 Å². The number of hydrogen-bond acceptors (Lipinski definition) is 4. The van der Waals surface area contributed by atoms with E-state index in [9.17, 15) is 4.79 Å². The van der Waals surface area contributed by atoms with Gasteiger partial charge in [-0.25, -0.2) is 9.78 Å². The summed E-state index contributed by atoms with van der Waals surface area (Å²) in [7, 11) is 3.30. The Balaban J connectivity index is 1.80. The van der Waals surface area contributed by atoms with Gasteiger partial charge in [0.2, 0.25) is 0 Å². The maximum atomic E-state index is 12.5. The summed E-state index contributed by atoms with van der Waals surface area (Å²) in [5.41, 5.74) is 4.73. The molecule has 1 atom stereocenters. The van der Waals surface area contributed by atoms with Crippen molar-refractivity contribution in [2.45, 2.75) is 12.7 Å². The van der Waals surface area contributed by atoms with Gasteiger partial charge in [0.25, 0.3) is 0 Å². The molecular formula is C26H23ClN2O3. The van der Waals surface area contributed by atoms with Crippen LogP contribution in [0.5, 0.6) is 0 Å². The number of aryl methyl sites for hydroxylation is 1. The fourth-order valence-corrected chi connectivity index (χ4v) is 3.88. The Morgan fingerprint density at radius 1 is 1.03 bits per heavy atom. The van der Waals surface area contributed by atoms with E-state index in [4.69, 9.17) is 21.1 Å².